The molecule has 0 atom stereocenters. The zero-order valence-corrected chi connectivity index (χ0v) is 19.8. The summed E-state index contributed by atoms with van der Waals surface area (Å²) in [5.74, 6) is 0.309. The SMILES string of the molecule is C/C(=C\C=C(/C=O)C(C)C)CC/C=C(\C)CC/C=C(\C)CS(=O)(=O)c1ccccc1. The Labute approximate surface area is 183 Å². The number of benzene rings is 1. The molecule has 0 aliphatic rings. The highest BCUT2D eigenvalue weighted by Crippen LogP contribution is 2.16. The highest BCUT2D eigenvalue weighted by atomic mass is 32.2. The van der Waals surface area contributed by atoms with E-state index in [-0.39, 0.29) is 11.7 Å². The first-order chi connectivity index (χ1) is 14.2. The van der Waals surface area contributed by atoms with Gasteiger partial charge >= 0.3 is 0 Å². The van der Waals surface area contributed by atoms with Crippen molar-refractivity contribution in [3.63, 3.8) is 0 Å². The molecule has 0 spiro atoms. The molecule has 0 N–H and O–H groups in total. The standard InChI is InChI=1S/C26H36O3S/c1-21(2)25(19-27)18-17-23(4)13-9-11-22(3)12-10-14-24(5)20-30(28,29)26-15-7-6-8-16-26/h6-8,11,14-19,21H,9-10,12-13,20H2,1-5H3/b22-11+,23-17+,24-14+,25-18+. The molecule has 3 nitrogen and oxygen atoms in total. The van der Waals surface area contributed by atoms with Crippen LogP contribution in [-0.4, -0.2) is 20.5 Å². The van der Waals surface area contributed by atoms with Gasteiger partial charge < -0.3 is 0 Å². The van der Waals surface area contributed by atoms with Crippen molar-refractivity contribution in [2.24, 2.45) is 5.92 Å². The second kappa shape index (κ2) is 13.2. The Morgan fingerprint density at radius 2 is 1.43 bits per heavy atom. The predicted molar refractivity (Wildman–Crippen MR) is 127 cm³/mol. The van der Waals surface area contributed by atoms with Crippen molar-refractivity contribution in [2.45, 2.75) is 65.2 Å². The molecule has 0 aliphatic carbocycles. The summed E-state index contributed by atoms with van der Waals surface area (Å²) in [6, 6.07) is 8.60. The van der Waals surface area contributed by atoms with Crippen molar-refractivity contribution >= 4 is 16.1 Å². The van der Waals surface area contributed by atoms with Crippen LogP contribution in [0.3, 0.4) is 0 Å². The Bertz CT molecular complexity index is 899. The zero-order chi connectivity index (χ0) is 22.6. The minimum absolute atomic E-state index is 0.0659. The largest absolute Gasteiger partial charge is 0.298 e. The lowest BCUT2D eigenvalue weighted by molar-refractivity contribution is -0.105. The van der Waals surface area contributed by atoms with Gasteiger partial charge in [0.15, 0.2) is 9.84 Å². The molecule has 0 bridgehead atoms. The fourth-order valence-corrected chi connectivity index (χ4v) is 4.41. The van der Waals surface area contributed by atoms with Crippen LogP contribution in [0.5, 0.6) is 0 Å². The smallest absolute Gasteiger partial charge is 0.182 e. The van der Waals surface area contributed by atoms with Gasteiger partial charge in [0.05, 0.1) is 10.6 Å². The van der Waals surface area contributed by atoms with Crippen LogP contribution in [0.15, 0.2) is 81.8 Å². The summed E-state index contributed by atoms with van der Waals surface area (Å²) in [5.41, 5.74) is 4.26. The Morgan fingerprint density at radius 1 is 0.867 bits per heavy atom. The van der Waals surface area contributed by atoms with E-state index >= 15 is 0 Å². The lowest BCUT2D eigenvalue weighted by atomic mass is 10.0. The maximum atomic E-state index is 12.4. The van der Waals surface area contributed by atoms with Gasteiger partial charge in [0.2, 0.25) is 0 Å². The number of sulfone groups is 1. The van der Waals surface area contributed by atoms with Crippen molar-refractivity contribution in [3.8, 4) is 0 Å². The second-order valence-corrected chi connectivity index (χ2v) is 10.2. The molecule has 1 aromatic rings. The van der Waals surface area contributed by atoms with Crippen LogP contribution >= 0.6 is 0 Å². The van der Waals surface area contributed by atoms with Crippen LogP contribution in [0, 0.1) is 5.92 Å². The summed E-state index contributed by atoms with van der Waals surface area (Å²) in [5, 5.41) is 0. The van der Waals surface area contributed by atoms with E-state index in [1.54, 1.807) is 24.3 Å². The lowest BCUT2D eigenvalue weighted by Crippen LogP contribution is -2.07. The minimum Gasteiger partial charge on any atom is -0.298 e. The average Bonchev–Trinajstić information content (AvgIpc) is 2.68. The molecule has 0 fully saturated rings. The summed E-state index contributed by atoms with van der Waals surface area (Å²) in [6.07, 6.45) is 12.8. The quantitative estimate of drug-likeness (QED) is 0.162. The molecule has 0 unspecified atom stereocenters. The van der Waals surface area contributed by atoms with Crippen molar-refractivity contribution in [3.05, 3.63) is 76.9 Å². The number of carbonyl (C=O) groups excluding carboxylic acids is 1. The minimum atomic E-state index is -3.27. The van der Waals surface area contributed by atoms with Crippen LogP contribution in [-0.2, 0) is 14.6 Å². The lowest BCUT2D eigenvalue weighted by Gasteiger charge is -2.05. The fraction of sp³-hybridized carbons (Fsp3) is 0.423. The number of carbonyl (C=O) groups is 1. The molecule has 0 radical (unpaired) electrons. The normalized spacial score (nSPS) is 14.3. The molecule has 0 aromatic heterocycles. The Kier molecular flexibility index (Phi) is 11.3. The van der Waals surface area contributed by atoms with Crippen LogP contribution in [0.25, 0.3) is 0 Å². The van der Waals surface area contributed by atoms with E-state index in [1.165, 1.54) is 11.1 Å². The van der Waals surface area contributed by atoms with E-state index in [0.29, 0.717) is 4.90 Å². The summed E-state index contributed by atoms with van der Waals surface area (Å²) in [6.45, 7) is 10.1. The Hall–Kier alpha value is -2.20. The van der Waals surface area contributed by atoms with E-state index in [0.717, 1.165) is 43.1 Å². The molecule has 4 heteroatoms. The van der Waals surface area contributed by atoms with Gasteiger partial charge in [-0.3, -0.25) is 4.79 Å². The zero-order valence-electron chi connectivity index (χ0n) is 19.0. The molecule has 30 heavy (non-hydrogen) atoms. The van der Waals surface area contributed by atoms with E-state index in [4.69, 9.17) is 0 Å². The highest BCUT2D eigenvalue weighted by molar-refractivity contribution is 7.91. The topological polar surface area (TPSA) is 51.2 Å². The number of hydrogen-bond donors (Lipinski definition) is 0. The van der Waals surface area contributed by atoms with Gasteiger partial charge in [0.1, 0.15) is 6.29 Å². The van der Waals surface area contributed by atoms with Gasteiger partial charge in [0, 0.05) is 0 Å². The first-order valence-corrected chi connectivity index (χ1v) is 12.2. The number of aldehydes is 1. The number of hydrogen-bond acceptors (Lipinski definition) is 3. The molecular weight excluding hydrogens is 392 g/mol. The van der Waals surface area contributed by atoms with Crippen LogP contribution in [0.4, 0.5) is 0 Å². The van der Waals surface area contributed by atoms with E-state index in [2.05, 4.69) is 19.9 Å². The summed E-state index contributed by atoms with van der Waals surface area (Å²) in [7, 11) is -3.27. The Balaban J connectivity index is 2.49. The average molecular weight is 429 g/mol. The van der Waals surface area contributed by atoms with E-state index in [1.807, 2.05) is 45.1 Å². The summed E-state index contributed by atoms with van der Waals surface area (Å²) in [4.78, 5) is 11.4. The highest BCUT2D eigenvalue weighted by Gasteiger charge is 2.14. The first-order valence-electron chi connectivity index (χ1n) is 10.6. The van der Waals surface area contributed by atoms with Crippen molar-refractivity contribution in [1.29, 1.82) is 0 Å². The monoisotopic (exact) mass is 428 g/mol. The molecule has 0 amide bonds. The van der Waals surface area contributed by atoms with E-state index in [9.17, 15) is 13.2 Å². The van der Waals surface area contributed by atoms with Gasteiger partial charge in [-0.2, -0.15) is 0 Å². The van der Waals surface area contributed by atoms with Gasteiger partial charge in [-0.05, 0) is 70.1 Å². The number of allylic oxidation sites excluding steroid dienone is 7. The number of rotatable bonds is 12. The summed E-state index contributed by atoms with van der Waals surface area (Å²) >= 11 is 0. The third kappa shape index (κ3) is 10.0. The molecule has 0 heterocycles. The maximum absolute atomic E-state index is 12.4. The van der Waals surface area contributed by atoms with Gasteiger partial charge in [-0.15, -0.1) is 0 Å². The maximum Gasteiger partial charge on any atom is 0.182 e. The third-order valence-corrected chi connectivity index (χ3v) is 6.77. The third-order valence-electron chi connectivity index (χ3n) is 4.95. The summed E-state index contributed by atoms with van der Waals surface area (Å²) < 4.78 is 24.8. The van der Waals surface area contributed by atoms with Gasteiger partial charge in [-0.1, -0.05) is 73.1 Å². The van der Waals surface area contributed by atoms with Gasteiger partial charge in [0.25, 0.3) is 0 Å². The van der Waals surface area contributed by atoms with Gasteiger partial charge in [-0.25, -0.2) is 8.42 Å². The van der Waals surface area contributed by atoms with Crippen molar-refractivity contribution < 1.29 is 13.2 Å². The van der Waals surface area contributed by atoms with Crippen molar-refractivity contribution in [1.82, 2.24) is 0 Å². The predicted octanol–water partition coefficient (Wildman–Crippen LogP) is 6.64. The van der Waals surface area contributed by atoms with Crippen LogP contribution in [0.1, 0.15) is 60.3 Å². The molecular formula is C26H36O3S. The Morgan fingerprint density at radius 3 is 2.00 bits per heavy atom. The molecule has 0 saturated carbocycles. The van der Waals surface area contributed by atoms with Crippen LogP contribution < -0.4 is 0 Å². The van der Waals surface area contributed by atoms with Crippen LogP contribution in [0.2, 0.25) is 0 Å². The molecule has 164 valence electrons. The van der Waals surface area contributed by atoms with Crippen molar-refractivity contribution in [2.75, 3.05) is 5.75 Å². The molecule has 0 aliphatic heterocycles. The first kappa shape index (κ1) is 25.8. The second-order valence-electron chi connectivity index (χ2n) is 8.20. The molecule has 0 saturated heterocycles. The molecule has 1 aromatic carbocycles. The fourth-order valence-electron chi connectivity index (χ4n) is 2.95. The molecule has 1 rings (SSSR count). The van der Waals surface area contributed by atoms with E-state index < -0.39 is 9.84 Å².